The molecule has 28 heavy (non-hydrogen) atoms. The number of hydrogen-bond acceptors (Lipinski definition) is 5. The maximum absolute atomic E-state index is 13.9. The maximum atomic E-state index is 13.9. The lowest BCUT2D eigenvalue weighted by Crippen LogP contribution is -2.20. The fourth-order valence-electron chi connectivity index (χ4n) is 3.29. The summed E-state index contributed by atoms with van der Waals surface area (Å²) in [7, 11) is 1.90. The van der Waals surface area contributed by atoms with Crippen LogP contribution in [0, 0.1) is 11.7 Å². The van der Waals surface area contributed by atoms with E-state index in [1.54, 1.807) is 35.1 Å². The van der Waals surface area contributed by atoms with Crippen molar-refractivity contribution in [3.8, 4) is 0 Å². The number of aldehydes is 1. The first-order valence-electron chi connectivity index (χ1n) is 9.17. The summed E-state index contributed by atoms with van der Waals surface area (Å²) in [5.41, 5.74) is 2.98. The van der Waals surface area contributed by atoms with Gasteiger partial charge in [0.05, 0.1) is 6.20 Å². The third kappa shape index (κ3) is 4.26. The van der Waals surface area contributed by atoms with Gasteiger partial charge in [-0.3, -0.25) is 0 Å². The van der Waals surface area contributed by atoms with Gasteiger partial charge in [0.2, 0.25) is 0 Å². The zero-order valence-corrected chi connectivity index (χ0v) is 16.0. The maximum Gasteiger partial charge on any atom is 0.164 e. The van der Waals surface area contributed by atoms with Crippen LogP contribution in [0.5, 0.6) is 0 Å². The second-order valence-corrected chi connectivity index (χ2v) is 6.85. The van der Waals surface area contributed by atoms with Crippen LogP contribution >= 0.6 is 0 Å². The Morgan fingerprint density at radius 3 is 2.89 bits per heavy atom. The largest absolute Gasteiger partial charge is 0.356 e. The molecule has 3 aromatic rings. The van der Waals surface area contributed by atoms with E-state index in [9.17, 15) is 9.18 Å². The van der Waals surface area contributed by atoms with Crippen LogP contribution in [0.25, 0.3) is 11.7 Å². The number of halogens is 1. The van der Waals surface area contributed by atoms with Gasteiger partial charge in [-0.2, -0.15) is 5.10 Å². The van der Waals surface area contributed by atoms with Gasteiger partial charge in [0.1, 0.15) is 24.0 Å². The topological polar surface area (TPSA) is 71.3 Å². The molecule has 0 fully saturated rings. The highest BCUT2D eigenvalue weighted by Gasteiger charge is 2.18. The first-order chi connectivity index (χ1) is 13.5. The molecule has 0 amide bonds. The van der Waals surface area contributed by atoms with Crippen molar-refractivity contribution in [1.82, 2.24) is 19.9 Å². The molecule has 0 saturated carbocycles. The molecule has 2 atom stereocenters. The molecule has 7 heteroatoms. The minimum atomic E-state index is -0.711. The van der Waals surface area contributed by atoms with Crippen LogP contribution in [-0.2, 0) is 11.2 Å². The lowest BCUT2D eigenvalue weighted by atomic mass is 9.93. The summed E-state index contributed by atoms with van der Waals surface area (Å²) < 4.78 is 15.6. The normalized spacial score (nSPS) is 13.2. The number of anilines is 1. The lowest BCUT2D eigenvalue weighted by molar-refractivity contribution is -0.108. The highest BCUT2D eigenvalue weighted by Crippen LogP contribution is 2.24. The van der Waals surface area contributed by atoms with E-state index in [0.29, 0.717) is 22.9 Å². The number of carbonyl (C=O) groups is 1. The third-order valence-corrected chi connectivity index (χ3v) is 4.62. The lowest BCUT2D eigenvalue weighted by Gasteiger charge is -2.20. The van der Waals surface area contributed by atoms with Gasteiger partial charge in [0, 0.05) is 11.8 Å². The Kier molecular flexibility index (Phi) is 6.16. The fraction of sp³-hybridized carbons (Fsp3) is 0.286. The van der Waals surface area contributed by atoms with Gasteiger partial charge >= 0.3 is 0 Å². The van der Waals surface area contributed by atoms with Crippen LogP contribution in [0.2, 0.25) is 0 Å². The standard InChI is InChI=1S/C21H24FN5O/c1-4-15-12-24-27-8-7-20(26-21(15)27)25-19(13-28)18-10-17(22)6-5-16(18)9-14(2)11-23-3/h4-8,10,12-14,19,23H,1,9,11H2,2-3H3,(H,25,26). The fourth-order valence-corrected chi connectivity index (χ4v) is 3.29. The Morgan fingerprint density at radius 1 is 1.36 bits per heavy atom. The number of hydrogen-bond donors (Lipinski definition) is 2. The monoisotopic (exact) mass is 381 g/mol. The quantitative estimate of drug-likeness (QED) is 0.557. The summed E-state index contributed by atoms with van der Waals surface area (Å²) in [4.78, 5) is 16.4. The van der Waals surface area contributed by atoms with Crippen LogP contribution in [0.4, 0.5) is 10.2 Å². The van der Waals surface area contributed by atoms with Gasteiger partial charge in [-0.25, -0.2) is 13.9 Å². The Bertz CT molecular complexity index is 984. The predicted molar refractivity (Wildman–Crippen MR) is 109 cm³/mol. The minimum Gasteiger partial charge on any atom is -0.356 e. The second kappa shape index (κ2) is 8.75. The molecule has 146 valence electrons. The first kappa shape index (κ1) is 19.7. The Morgan fingerprint density at radius 2 is 2.18 bits per heavy atom. The van der Waals surface area contributed by atoms with Gasteiger partial charge in [0.25, 0.3) is 0 Å². The molecule has 1 aromatic carbocycles. The number of fused-ring (bicyclic) bond motifs is 1. The van der Waals surface area contributed by atoms with E-state index in [-0.39, 0.29) is 5.82 Å². The smallest absolute Gasteiger partial charge is 0.164 e. The highest BCUT2D eigenvalue weighted by atomic mass is 19.1. The molecule has 2 heterocycles. The zero-order chi connectivity index (χ0) is 20.1. The third-order valence-electron chi connectivity index (χ3n) is 4.62. The van der Waals surface area contributed by atoms with E-state index in [1.807, 2.05) is 7.05 Å². The second-order valence-electron chi connectivity index (χ2n) is 6.85. The predicted octanol–water partition coefficient (Wildman–Crippen LogP) is 3.26. The van der Waals surface area contributed by atoms with Crippen LogP contribution < -0.4 is 10.6 Å². The molecule has 0 aliphatic heterocycles. The zero-order valence-electron chi connectivity index (χ0n) is 16.0. The summed E-state index contributed by atoms with van der Waals surface area (Å²) in [6.45, 7) is 6.70. The molecule has 0 radical (unpaired) electrons. The van der Waals surface area contributed by atoms with Gasteiger partial charge in [-0.05, 0) is 55.3 Å². The molecule has 0 spiro atoms. The van der Waals surface area contributed by atoms with Crippen molar-refractivity contribution in [3.63, 3.8) is 0 Å². The number of nitrogens with one attached hydrogen (secondary N) is 2. The molecule has 2 unspecified atom stereocenters. The minimum absolute atomic E-state index is 0.345. The number of carbonyl (C=O) groups excluding carboxylic acids is 1. The average molecular weight is 381 g/mol. The number of benzene rings is 1. The number of aromatic nitrogens is 3. The van der Waals surface area contributed by atoms with Gasteiger partial charge < -0.3 is 15.4 Å². The van der Waals surface area contributed by atoms with Crippen molar-refractivity contribution in [3.05, 3.63) is 65.7 Å². The van der Waals surface area contributed by atoms with E-state index < -0.39 is 6.04 Å². The van der Waals surface area contributed by atoms with Crippen molar-refractivity contribution in [2.45, 2.75) is 19.4 Å². The molecule has 2 aromatic heterocycles. The van der Waals surface area contributed by atoms with Crippen LogP contribution in [0.3, 0.4) is 0 Å². The first-order valence-corrected chi connectivity index (χ1v) is 9.17. The van der Waals surface area contributed by atoms with E-state index in [4.69, 9.17) is 0 Å². The Labute approximate surface area is 163 Å². The van der Waals surface area contributed by atoms with Crippen molar-refractivity contribution in [2.24, 2.45) is 5.92 Å². The number of rotatable bonds is 9. The van der Waals surface area contributed by atoms with Crippen LogP contribution in [0.15, 0.2) is 43.2 Å². The average Bonchev–Trinajstić information content (AvgIpc) is 3.10. The van der Waals surface area contributed by atoms with Crippen molar-refractivity contribution in [2.75, 3.05) is 18.9 Å². The van der Waals surface area contributed by atoms with E-state index in [2.05, 4.69) is 34.2 Å². The summed E-state index contributed by atoms with van der Waals surface area (Å²) >= 11 is 0. The summed E-state index contributed by atoms with van der Waals surface area (Å²) in [6.07, 6.45) is 6.60. The van der Waals surface area contributed by atoms with Gasteiger partial charge in [0.15, 0.2) is 5.65 Å². The summed E-state index contributed by atoms with van der Waals surface area (Å²) in [5, 5.41) is 10.4. The number of nitrogens with zero attached hydrogens (tertiary/aromatic N) is 3. The van der Waals surface area contributed by atoms with Crippen LogP contribution in [-0.4, -0.2) is 34.5 Å². The molecule has 2 N–H and O–H groups in total. The molecule has 0 saturated heterocycles. The van der Waals surface area contributed by atoms with Crippen molar-refractivity contribution in [1.29, 1.82) is 0 Å². The Balaban J connectivity index is 1.92. The molecule has 0 aliphatic rings. The highest BCUT2D eigenvalue weighted by molar-refractivity contribution is 5.69. The molecular formula is C21H24FN5O. The Hall–Kier alpha value is -3.06. The van der Waals surface area contributed by atoms with E-state index in [1.165, 1.54) is 12.1 Å². The molecular weight excluding hydrogens is 357 g/mol. The van der Waals surface area contributed by atoms with Gasteiger partial charge in [-0.1, -0.05) is 25.6 Å². The van der Waals surface area contributed by atoms with E-state index >= 15 is 0 Å². The summed E-state index contributed by atoms with van der Waals surface area (Å²) in [5.74, 6) is 0.478. The molecule has 3 rings (SSSR count). The SMILES string of the molecule is C=Cc1cnn2ccc(NC(C=O)c3cc(F)ccc3CC(C)CNC)nc12. The van der Waals surface area contributed by atoms with E-state index in [0.717, 1.165) is 30.4 Å². The molecule has 6 nitrogen and oxygen atoms in total. The van der Waals surface area contributed by atoms with Crippen molar-refractivity contribution < 1.29 is 9.18 Å². The molecule has 0 aliphatic carbocycles. The summed E-state index contributed by atoms with van der Waals surface area (Å²) in [6, 6.07) is 5.61. The van der Waals surface area contributed by atoms with Crippen molar-refractivity contribution >= 4 is 23.8 Å². The van der Waals surface area contributed by atoms with Crippen LogP contribution in [0.1, 0.15) is 29.7 Å². The van der Waals surface area contributed by atoms with Gasteiger partial charge in [-0.15, -0.1) is 0 Å². The molecule has 0 bridgehead atoms.